The largest absolute Gasteiger partial charge is 1.00 e. The zero-order valence-electron chi connectivity index (χ0n) is 3.09. The van der Waals surface area contributed by atoms with Gasteiger partial charge in [0.2, 0.25) is 0 Å². The summed E-state index contributed by atoms with van der Waals surface area (Å²) in [5, 5.41) is 6.99. The van der Waals surface area contributed by atoms with Crippen LogP contribution in [0.1, 0.15) is 0 Å². The van der Waals surface area contributed by atoms with E-state index >= 15 is 0 Å². The maximum atomic E-state index is 4.59. The molecule has 1 rings (SSSR count). The van der Waals surface area contributed by atoms with Crippen LogP contribution >= 0.6 is 11.3 Å². The summed E-state index contributed by atoms with van der Waals surface area (Å²) in [7, 11) is 0. The van der Waals surface area contributed by atoms with E-state index in [2.05, 4.69) is 22.8 Å². The summed E-state index contributed by atoms with van der Waals surface area (Å²) in [6.45, 7) is 0. The van der Waals surface area contributed by atoms with E-state index in [0.717, 1.165) is 0 Å². The Balaban J connectivity index is 0.000000360. The molecule has 0 aliphatic rings. The zero-order valence-corrected chi connectivity index (χ0v) is 6.89. The van der Waals surface area contributed by atoms with Crippen LogP contribution in [-0.4, -0.2) is 10.2 Å². The molecule has 0 aromatic carbocycles. The molecule has 2 nitrogen and oxygen atoms in total. The molecule has 1 heterocycles. The molecule has 42 valence electrons. The van der Waals surface area contributed by atoms with E-state index in [4.69, 9.17) is 0 Å². The first-order valence-corrected chi connectivity index (χ1v) is 2.61. The average Bonchev–Trinajstić information content (AvgIpc) is 1.86. The normalized spacial score (nSPS) is 7.43. The average molecular weight is 314 g/mol. The van der Waals surface area contributed by atoms with E-state index in [1.54, 1.807) is 5.51 Å². The predicted molar refractivity (Wildman–Crippen MR) is 25.5 cm³/mol. The summed E-state index contributed by atoms with van der Waals surface area (Å²) in [5.41, 5.74) is 1.61. The molecule has 7 heavy (non-hydrogen) atoms. The molecule has 0 atom stereocenters. The van der Waals surface area contributed by atoms with Gasteiger partial charge in [0.05, 0.1) is 0 Å². The second kappa shape index (κ2) is 3.51. The molecule has 0 unspecified atom stereocenters. The first-order valence-electron chi connectivity index (χ1n) is 1.33. The number of rotatable bonds is 0. The minimum absolute atomic E-state index is 0. The molecule has 0 aliphatic heterocycles. The molecule has 0 spiro atoms. The molecule has 0 amide bonds. The molecule has 0 N–H and O–H groups in total. The van der Waals surface area contributed by atoms with Gasteiger partial charge in [0.15, 0.2) is 0 Å². The van der Waals surface area contributed by atoms with Crippen LogP contribution < -0.4 is 0 Å². The van der Waals surface area contributed by atoms with E-state index in [-0.39, 0.29) is 22.4 Å². The van der Waals surface area contributed by atoms with E-state index < -0.39 is 0 Å². The van der Waals surface area contributed by atoms with Crippen molar-refractivity contribution in [3.63, 3.8) is 0 Å². The Morgan fingerprint density at radius 1 is 1.71 bits per heavy atom. The molecule has 1 aromatic heterocycles. The van der Waals surface area contributed by atoms with Gasteiger partial charge in [-0.3, -0.25) is 0 Å². The fraction of sp³-hybridized carbons (Fsp3) is 0. The van der Waals surface area contributed by atoms with Crippen LogP contribution in [0.5, 0.6) is 0 Å². The van der Waals surface area contributed by atoms with Crippen LogP contribution in [0.3, 0.4) is 0 Å². The summed E-state index contributed by atoms with van der Waals surface area (Å²) in [5.74, 6) is 0. The summed E-state index contributed by atoms with van der Waals surface area (Å²) in [4.78, 5) is 0. The third-order valence-electron chi connectivity index (χ3n) is 0.340. The van der Waals surface area contributed by atoms with Gasteiger partial charge in [-0.25, -0.2) is 0 Å². The van der Waals surface area contributed by atoms with Crippen molar-refractivity contribution in [1.82, 2.24) is 10.2 Å². The molecular formula is C2HAuN2S2. The maximum absolute atomic E-state index is 4.59. The van der Waals surface area contributed by atoms with Crippen LogP contribution in [0.25, 0.3) is 0 Å². The molecular weight excluding hydrogens is 313 g/mol. The van der Waals surface area contributed by atoms with E-state index in [1.807, 2.05) is 0 Å². The number of aromatic nitrogens is 2. The first kappa shape index (κ1) is 7.52. The summed E-state index contributed by atoms with van der Waals surface area (Å²) in [6.07, 6.45) is 0. The minimum Gasteiger partial charge on any atom is -0.406 e. The number of nitrogens with zero attached hydrogens (tertiary/aromatic N) is 2. The molecule has 0 bridgehead atoms. The van der Waals surface area contributed by atoms with E-state index in [9.17, 15) is 0 Å². The van der Waals surface area contributed by atoms with Gasteiger partial charge in [-0.05, 0) is 4.34 Å². The molecule has 1 aromatic rings. The molecule has 0 saturated carbocycles. The van der Waals surface area contributed by atoms with Crippen molar-refractivity contribution in [3.05, 3.63) is 5.51 Å². The van der Waals surface area contributed by atoms with Crippen LogP contribution in [0, 0.1) is 0 Å². The Kier molecular flexibility index (Phi) is 3.77. The second-order valence-corrected chi connectivity index (χ2v) is 2.18. The Labute approximate surface area is 66.3 Å². The Morgan fingerprint density at radius 2 is 2.43 bits per heavy atom. The predicted octanol–water partition coefficient (Wildman–Crippen LogP) is 0.441. The first-order chi connectivity index (χ1) is 2.89. The Hall–Kier alpha value is 0.520. The van der Waals surface area contributed by atoms with Crippen LogP contribution in [0.15, 0.2) is 9.85 Å². The van der Waals surface area contributed by atoms with Crippen molar-refractivity contribution < 1.29 is 22.4 Å². The Bertz CT molecular complexity index is 117. The van der Waals surface area contributed by atoms with Gasteiger partial charge in [0.25, 0.3) is 0 Å². The van der Waals surface area contributed by atoms with Crippen molar-refractivity contribution in [3.8, 4) is 0 Å². The molecule has 0 aliphatic carbocycles. The molecule has 0 radical (unpaired) electrons. The van der Waals surface area contributed by atoms with Gasteiger partial charge in [-0.15, -0.1) is 0 Å². The third-order valence-corrected chi connectivity index (χ3v) is 1.19. The summed E-state index contributed by atoms with van der Waals surface area (Å²) < 4.78 is 0.606. The van der Waals surface area contributed by atoms with Gasteiger partial charge in [-0.2, -0.15) is 10.2 Å². The van der Waals surface area contributed by atoms with Crippen LogP contribution in [0.4, 0.5) is 0 Å². The number of hydrogen-bond acceptors (Lipinski definition) is 4. The molecule has 0 saturated heterocycles. The van der Waals surface area contributed by atoms with Crippen LogP contribution in [0.2, 0.25) is 0 Å². The zero-order chi connectivity index (χ0) is 4.41. The Morgan fingerprint density at radius 3 is 2.57 bits per heavy atom. The number of hydrogen-bond donors (Lipinski definition) is 0. The quantitative estimate of drug-likeness (QED) is 0.513. The van der Waals surface area contributed by atoms with Crippen LogP contribution in [-0.2, 0) is 35.0 Å². The van der Waals surface area contributed by atoms with Gasteiger partial charge in [0.1, 0.15) is 0 Å². The maximum Gasteiger partial charge on any atom is 1.00 e. The molecule has 5 heteroatoms. The minimum atomic E-state index is 0. The smallest absolute Gasteiger partial charge is 0.406 e. The van der Waals surface area contributed by atoms with Gasteiger partial charge in [0, 0.05) is 5.51 Å². The standard InChI is InChI=1S/C2H2N2S2.Au/c5-2-4-3-1-6-2;/h1H,(H,4,5);/q;+1/p-1. The van der Waals surface area contributed by atoms with Crippen molar-refractivity contribution in [2.24, 2.45) is 0 Å². The van der Waals surface area contributed by atoms with E-state index in [0.29, 0.717) is 4.34 Å². The topological polar surface area (TPSA) is 25.8 Å². The van der Waals surface area contributed by atoms with Gasteiger partial charge >= 0.3 is 22.4 Å². The van der Waals surface area contributed by atoms with Crippen molar-refractivity contribution in [2.75, 3.05) is 0 Å². The van der Waals surface area contributed by atoms with E-state index in [1.165, 1.54) is 11.3 Å². The third kappa shape index (κ3) is 2.36. The van der Waals surface area contributed by atoms with Gasteiger partial charge in [-0.1, -0.05) is 0 Å². The second-order valence-electron chi connectivity index (χ2n) is 0.705. The van der Waals surface area contributed by atoms with Crippen molar-refractivity contribution in [1.29, 1.82) is 0 Å². The van der Waals surface area contributed by atoms with Crippen molar-refractivity contribution in [2.45, 2.75) is 4.34 Å². The molecule has 0 fully saturated rings. The van der Waals surface area contributed by atoms with Gasteiger partial charge < -0.3 is 24.0 Å². The monoisotopic (exact) mass is 314 g/mol. The van der Waals surface area contributed by atoms with Crippen molar-refractivity contribution >= 4 is 24.0 Å². The SMILES string of the molecule is [Au+].[S-]c1nncs1. The summed E-state index contributed by atoms with van der Waals surface area (Å²) in [6, 6.07) is 0. The summed E-state index contributed by atoms with van der Waals surface area (Å²) >= 11 is 5.96. The fourth-order valence-electron chi connectivity index (χ4n) is 0.163. The fourth-order valence-corrected chi connectivity index (χ4v) is 0.618.